The van der Waals surface area contributed by atoms with Gasteiger partial charge < -0.3 is 9.88 Å². The summed E-state index contributed by atoms with van der Waals surface area (Å²) in [5, 5.41) is 2.75. The minimum absolute atomic E-state index is 0.199. The number of carbonyl (C=O) groups is 1. The number of halogens is 1. The summed E-state index contributed by atoms with van der Waals surface area (Å²) < 4.78 is 42.1. The van der Waals surface area contributed by atoms with E-state index in [1.807, 2.05) is 30.3 Å². The number of hydrogen-bond donors (Lipinski definition) is 2. The van der Waals surface area contributed by atoms with Gasteiger partial charge in [0.05, 0.1) is 10.5 Å². The van der Waals surface area contributed by atoms with E-state index in [2.05, 4.69) is 15.0 Å². The number of nitrogens with zero attached hydrogens (tertiary/aromatic N) is 2. The molecule has 7 nitrogen and oxygen atoms in total. The van der Waals surface area contributed by atoms with Crippen LogP contribution in [0.5, 0.6) is 0 Å². The van der Waals surface area contributed by atoms with Crippen LogP contribution in [-0.4, -0.2) is 30.9 Å². The van der Waals surface area contributed by atoms with Crippen LogP contribution < -0.4 is 10.0 Å². The van der Waals surface area contributed by atoms with Crippen molar-refractivity contribution in [2.45, 2.75) is 10.9 Å². The van der Waals surface area contributed by atoms with Gasteiger partial charge in [-0.1, -0.05) is 30.3 Å². The number of sulfonamides is 1. The first-order chi connectivity index (χ1) is 13.3. The van der Waals surface area contributed by atoms with Crippen molar-refractivity contribution >= 4 is 15.9 Å². The lowest BCUT2D eigenvalue weighted by molar-refractivity contribution is 0.0937. The van der Waals surface area contributed by atoms with E-state index in [0.29, 0.717) is 5.82 Å². The Morgan fingerprint density at radius 3 is 2.50 bits per heavy atom. The molecule has 3 aromatic rings. The lowest BCUT2D eigenvalue weighted by atomic mass is 10.1. The van der Waals surface area contributed by atoms with Gasteiger partial charge in [0.15, 0.2) is 0 Å². The van der Waals surface area contributed by atoms with Gasteiger partial charge in [-0.2, -0.15) is 0 Å². The molecule has 3 rings (SSSR count). The smallest absolute Gasteiger partial charge is 0.255 e. The molecule has 0 spiro atoms. The lowest BCUT2D eigenvalue weighted by Gasteiger charge is -2.19. The number of benzene rings is 2. The fraction of sp³-hybridized carbons (Fsp3) is 0.158. The molecule has 0 saturated carbocycles. The lowest BCUT2D eigenvalue weighted by Crippen LogP contribution is -2.32. The maximum Gasteiger partial charge on any atom is 0.255 e. The van der Waals surface area contributed by atoms with Crippen LogP contribution in [0.4, 0.5) is 4.39 Å². The molecule has 0 aliphatic carbocycles. The van der Waals surface area contributed by atoms with Crippen molar-refractivity contribution in [1.82, 2.24) is 19.6 Å². The largest absolute Gasteiger partial charge is 0.338 e. The molecule has 1 aromatic heterocycles. The average molecular weight is 402 g/mol. The molecule has 2 N–H and O–H groups in total. The Labute approximate surface area is 162 Å². The standard InChI is InChI=1S/C19H19FN4O3S/c1-21-28(26,27)14-8-9-16(20)15(12-14)19(25)23-17(13-6-4-3-5-7-13)18-22-10-11-24(18)2/h3-12,17,21H,1-2H3,(H,23,25). The fourth-order valence-corrected chi connectivity index (χ4v) is 3.53. The highest BCUT2D eigenvalue weighted by Gasteiger charge is 2.24. The first kappa shape index (κ1) is 19.7. The maximum absolute atomic E-state index is 14.3. The quantitative estimate of drug-likeness (QED) is 0.659. The van der Waals surface area contributed by atoms with Crippen LogP contribution in [0.1, 0.15) is 27.8 Å². The van der Waals surface area contributed by atoms with Crippen LogP contribution in [0.2, 0.25) is 0 Å². The van der Waals surface area contributed by atoms with Crippen molar-refractivity contribution in [3.63, 3.8) is 0 Å². The molecule has 1 heterocycles. The van der Waals surface area contributed by atoms with Gasteiger partial charge in [-0.05, 0) is 30.8 Å². The first-order valence-corrected chi connectivity index (χ1v) is 9.88. The van der Waals surface area contributed by atoms with Crippen LogP contribution in [0.3, 0.4) is 0 Å². The molecule has 0 aliphatic heterocycles. The van der Waals surface area contributed by atoms with Crippen LogP contribution in [0, 0.1) is 5.82 Å². The van der Waals surface area contributed by atoms with Crippen molar-refractivity contribution in [2.24, 2.45) is 7.05 Å². The molecule has 0 bridgehead atoms. The minimum Gasteiger partial charge on any atom is -0.338 e. The Bertz CT molecular complexity index is 1100. The zero-order valence-electron chi connectivity index (χ0n) is 15.3. The van der Waals surface area contributed by atoms with E-state index in [4.69, 9.17) is 0 Å². The molecule has 0 aliphatic rings. The van der Waals surface area contributed by atoms with Gasteiger partial charge in [-0.25, -0.2) is 22.5 Å². The molecular formula is C19H19FN4O3S. The SMILES string of the molecule is CNS(=O)(=O)c1ccc(F)c(C(=O)NC(c2ccccc2)c2nccn2C)c1. The predicted octanol–water partition coefficient (Wildman–Crippen LogP) is 1.99. The van der Waals surface area contributed by atoms with E-state index in [9.17, 15) is 17.6 Å². The van der Waals surface area contributed by atoms with Crippen molar-refractivity contribution in [1.29, 1.82) is 0 Å². The van der Waals surface area contributed by atoms with Gasteiger partial charge in [0.2, 0.25) is 10.0 Å². The second-order valence-electron chi connectivity index (χ2n) is 6.06. The van der Waals surface area contributed by atoms with E-state index in [1.165, 1.54) is 7.05 Å². The van der Waals surface area contributed by atoms with Crippen LogP contribution in [-0.2, 0) is 17.1 Å². The van der Waals surface area contributed by atoms with Crippen LogP contribution in [0.15, 0.2) is 65.8 Å². The highest BCUT2D eigenvalue weighted by atomic mass is 32.2. The Morgan fingerprint density at radius 2 is 1.89 bits per heavy atom. The minimum atomic E-state index is -3.81. The third-order valence-electron chi connectivity index (χ3n) is 4.29. The normalized spacial score (nSPS) is 12.5. The molecule has 1 unspecified atom stereocenters. The van der Waals surface area contributed by atoms with Gasteiger partial charge in [-0.3, -0.25) is 4.79 Å². The highest BCUT2D eigenvalue weighted by Crippen LogP contribution is 2.22. The molecule has 1 amide bonds. The molecule has 28 heavy (non-hydrogen) atoms. The van der Waals surface area contributed by atoms with Crippen molar-refractivity contribution in [3.05, 3.63) is 83.7 Å². The summed E-state index contributed by atoms with van der Waals surface area (Å²) in [4.78, 5) is 16.9. The summed E-state index contributed by atoms with van der Waals surface area (Å²) in [5.74, 6) is -1.01. The number of nitrogens with one attached hydrogen (secondary N) is 2. The monoisotopic (exact) mass is 402 g/mol. The highest BCUT2D eigenvalue weighted by molar-refractivity contribution is 7.89. The molecule has 0 fully saturated rings. The summed E-state index contributed by atoms with van der Waals surface area (Å²) in [7, 11) is -0.791. The fourth-order valence-electron chi connectivity index (χ4n) is 2.77. The number of rotatable bonds is 6. The van der Waals surface area contributed by atoms with Gasteiger partial charge in [0.25, 0.3) is 5.91 Å². The third-order valence-corrected chi connectivity index (χ3v) is 5.70. The third kappa shape index (κ3) is 3.95. The second kappa shape index (κ2) is 7.91. The molecule has 0 radical (unpaired) electrons. The van der Waals surface area contributed by atoms with Gasteiger partial charge in [-0.15, -0.1) is 0 Å². The number of aryl methyl sites for hydroxylation is 1. The average Bonchev–Trinajstić information content (AvgIpc) is 3.12. The van der Waals surface area contributed by atoms with E-state index in [-0.39, 0.29) is 10.5 Å². The summed E-state index contributed by atoms with van der Waals surface area (Å²) >= 11 is 0. The molecule has 1 atom stereocenters. The first-order valence-electron chi connectivity index (χ1n) is 8.39. The summed E-state index contributed by atoms with van der Waals surface area (Å²) in [6.45, 7) is 0. The number of carbonyl (C=O) groups excluding carboxylic acids is 1. The number of imidazole rings is 1. The number of aromatic nitrogens is 2. The Kier molecular flexibility index (Phi) is 5.57. The maximum atomic E-state index is 14.3. The topological polar surface area (TPSA) is 93.1 Å². The van der Waals surface area contributed by atoms with Crippen molar-refractivity contribution in [3.8, 4) is 0 Å². The van der Waals surface area contributed by atoms with Crippen LogP contribution in [0.25, 0.3) is 0 Å². The van der Waals surface area contributed by atoms with E-state index in [0.717, 1.165) is 23.8 Å². The number of amides is 1. The summed E-state index contributed by atoms with van der Waals surface area (Å²) in [6, 6.07) is 11.5. The Hall–Kier alpha value is -3.04. The van der Waals surface area contributed by atoms with Crippen LogP contribution >= 0.6 is 0 Å². The molecular weight excluding hydrogens is 383 g/mol. The van der Waals surface area contributed by atoms with Crippen molar-refractivity contribution in [2.75, 3.05) is 7.05 Å². The number of hydrogen-bond acceptors (Lipinski definition) is 4. The van der Waals surface area contributed by atoms with Gasteiger partial charge >= 0.3 is 0 Å². The molecule has 146 valence electrons. The second-order valence-corrected chi connectivity index (χ2v) is 7.95. The zero-order valence-corrected chi connectivity index (χ0v) is 16.1. The summed E-state index contributed by atoms with van der Waals surface area (Å²) in [6.07, 6.45) is 3.33. The van der Waals surface area contributed by atoms with Crippen molar-refractivity contribution < 1.29 is 17.6 Å². The molecule has 2 aromatic carbocycles. The van der Waals surface area contributed by atoms with E-state index >= 15 is 0 Å². The predicted molar refractivity (Wildman–Crippen MR) is 102 cm³/mol. The Morgan fingerprint density at radius 1 is 1.18 bits per heavy atom. The van der Waals surface area contributed by atoms with E-state index < -0.39 is 27.8 Å². The molecule has 0 saturated heterocycles. The Balaban J connectivity index is 2.00. The van der Waals surface area contributed by atoms with Gasteiger partial charge in [0, 0.05) is 19.4 Å². The zero-order chi connectivity index (χ0) is 20.3. The summed E-state index contributed by atoms with van der Waals surface area (Å²) in [5.41, 5.74) is 0.385. The molecule has 9 heteroatoms. The van der Waals surface area contributed by atoms with Gasteiger partial charge in [0.1, 0.15) is 17.7 Å². The van der Waals surface area contributed by atoms with E-state index in [1.54, 1.807) is 24.0 Å².